The molecule has 2 aliphatic rings. The molecule has 0 aromatic heterocycles. The molecule has 1 nitrogen and oxygen atoms in total. The first-order valence-electron chi connectivity index (χ1n) is 5.37. The van der Waals surface area contributed by atoms with Crippen LogP contribution in [0.25, 0.3) is 0 Å². The Labute approximate surface area is 80.8 Å². The van der Waals surface area contributed by atoms with Crippen molar-refractivity contribution in [1.82, 2.24) is 0 Å². The van der Waals surface area contributed by atoms with Gasteiger partial charge in [0.2, 0.25) is 0 Å². The van der Waals surface area contributed by atoms with Gasteiger partial charge in [0.25, 0.3) is 0 Å². The number of aliphatic hydroxyl groups excluding tert-OH is 1. The van der Waals surface area contributed by atoms with E-state index in [0.29, 0.717) is 17.3 Å². The molecule has 0 spiro atoms. The lowest BCUT2D eigenvalue weighted by molar-refractivity contribution is 0.131. The highest BCUT2D eigenvalue weighted by molar-refractivity contribution is 5.17. The normalized spacial score (nSPS) is 42.8. The van der Waals surface area contributed by atoms with Crippen LogP contribution in [-0.2, 0) is 0 Å². The van der Waals surface area contributed by atoms with Gasteiger partial charge in [0.1, 0.15) is 0 Å². The molecule has 2 aliphatic carbocycles. The van der Waals surface area contributed by atoms with Crippen molar-refractivity contribution >= 4 is 0 Å². The molecule has 13 heavy (non-hydrogen) atoms. The van der Waals surface area contributed by atoms with E-state index in [1.807, 2.05) is 0 Å². The van der Waals surface area contributed by atoms with Crippen molar-refractivity contribution in [2.24, 2.45) is 17.3 Å². The summed E-state index contributed by atoms with van der Waals surface area (Å²) in [5, 5.41) is 9.99. The number of fused-ring (bicyclic) bond motifs is 1. The maximum absolute atomic E-state index is 9.99. The van der Waals surface area contributed by atoms with Gasteiger partial charge in [-0.05, 0) is 37.5 Å². The Bertz CT molecular complexity index is 240. The lowest BCUT2D eigenvalue weighted by Gasteiger charge is -2.33. The summed E-state index contributed by atoms with van der Waals surface area (Å²) in [7, 11) is 0. The average Bonchev–Trinajstić information content (AvgIpc) is 2.24. The first kappa shape index (κ1) is 9.26. The van der Waals surface area contributed by atoms with Crippen molar-refractivity contribution in [2.75, 3.05) is 0 Å². The average molecular weight is 180 g/mol. The third kappa shape index (κ3) is 1.34. The molecule has 0 aliphatic heterocycles. The molecular formula is C12H20O. The van der Waals surface area contributed by atoms with Gasteiger partial charge in [-0.3, -0.25) is 0 Å². The van der Waals surface area contributed by atoms with Gasteiger partial charge in [0, 0.05) is 5.92 Å². The minimum Gasteiger partial charge on any atom is -0.392 e. The summed E-state index contributed by atoms with van der Waals surface area (Å²) in [4.78, 5) is 0. The van der Waals surface area contributed by atoms with Crippen molar-refractivity contribution < 1.29 is 5.11 Å². The van der Waals surface area contributed by atoms with Gasteiger partial charge in [-0.25, -0.2) is 0 Å². The van der Waals surface area contributed by atoms with Crippen LogP contribution in [0, 0.1) is 17.3 Å². The summed E-state index contributed by atoms with van der Waals surface area (Å²) in [5.41, 5.74) is 1.77. The molecule has 1 N–H and O–H groups in total. The fourth-order valence-corrected chi connectivity index (χ4v) is 3.39. The molecule has 2 rings (SSSR count). The van der Waals surface area contributed by atoms with Gasteiger partial charge in [0.15, 0.2) is 0 Å². The number of rotatable bonds is 0. The van der Waals surface area contributed by atoms with Crippen LogP contribution in [0.1, 0.15) is 40.0 Å². The maximum atomic E-state index is 9.99. The molecule has 0 amide bonds. The Morgan fingerprint density at radius 2 is 2.15 bits per heavy atom. The number of aliphatic hydroxyl groups is 1. The molecule has 1 heteroatoms. The summed E-state index contributed by atoms with van der Waals surface area (Å²) in [6, 6.07) is 0. The van der Waals surface area contributed by atoms with Gasteiger partial charge >= 0.3 is 0 Å². The van der Waals surface area contributed by atoms with E-state index in [2.05, 4.69) is 26.8 Å². The fourth-order valence-electron chi connectivity index (χ4n) is 3.39. The molecule has 0 heterocycles. The predicted octanol–water partition coefficient (Wildman–Crippen LogP) is 2.75. The molecule has 3 atom stereocenters. The van der Waals surface area contributed by atoms with E-state index in [1.54, 1.807) is 0 Å². The SMILES string of the molecule is CC1=CCC[C@@H]2[C@H]1[C@H](O)CC2(C)C. The van der Waals surface area contributed by atoms with Crippen LogP contribution in [0.5, 0.6) is 0 Å². The van der Waals surface area contributed by atoms with Crippen LogP contribution < -0.4 is 0 Å². The molecule has 0 unspecified atom stereocenters. The van der Waals surface area contributed by atoms with E-state index in [-0.39, 0.29) is 6.10 Å². The lowest BCUT2D eigenvalue weighted by Crippen LogP contribution is -2.26. The summed E-state index contributed by atoms with van der Waals surface area (Å²) >= 11 is 0. The van der Waals surface area contributed by atoms with E-state index in [0.717, 1.165) is 6.42 Å². The lowest BCUT2D eigenvalue weighted by atomic mass is 9.71. The highest BCUT2D eigenvalue weighted by Crippen LogP contribution is 2.53. The van der Waals surface area contributed by atoms with Crippen molar-refractivity contribution in [3.63, 3.8) is 0 Å². The maximum Gasteiger partial charge on any atom is 0.0613 e. The van der Waals surface area contributed by atoms with Crippen LogP contribution >= 0.6 is 0 Å². The Morgan fingerprint density at radius 3 is 2.77 bits per heavy atom. The predicted molar refractivity (Wildman–Crippen MR) is 54.4 cm³/mol. The summed E-state index contributed by atoms with van der Waals surface area (Å²) in [6.07, 6.45) is 5.69. The molecule has 0 aromatic rings. The number of hydrogen-bond acceptors (Lipinski definition) is 1. The Balaban J connectivity index is 2.31. The van der Waals surface area contributed by atoms with Crippen LogP contribution in [0.15, 0.2) is 11.6 Å². The molecule has 1 fully saturated rings. The van der Waals surface area contributed by atoms with Crippen LogP contribution in [0.3, 0.4) is 0 Å². The van der Waals surface area contributed by atoms with Crippen molar-refractivity contribution in [3.05, 3.63) is 11.6 Å². The number of allylic oxidation sites excluding steroid dienone is 1. The summed E-state index contributed by atoms with van der Waals surface area (Å²) in [6.45, 7) is 6.79. The molecule has 1 saturated carbocycles. The van der Waals surface area contributed by atoms with E-state index < -0.39 is 0 Å². The van der Waals surface area contributed by atoms with Crippen molar-refractivity contribution in [1.29, 1.82) is 0 Å². The van der Waals surface area contributed by atoms with Gasteiger partial charge in [-0.2, -0.15) is 0 Å². The first-order chi connectivity index (χ1) is 6.02. The zero-order valence-corrected chi connectivity index (χ0v) is 8.88. The zero-order chi connectivity index (χ0) is 9.64. The van der Waals surface area contributed by atoms with E-state index >= 15 is 0 Å². The van der Waals surface area contributed by atoms with Crippen molar-refractivity contribution in [3.8, 4) is 0 Å². The second-order valence-corrected chi connectivity index (χ2v) is 5.42. The van der Waals surface area contributed by atoms with Gasteiger partial charge < -0.3 is 5.11 Å². The highest BCUT2D eigenvalue weighted by atomic mass is 16.3. The molecule has 0 bridgehead atoms. The van der Waals surface area contributed by atoms with Crippen LogP contribution in [0.2, 0.25) is 0 Å². The summed E-state index contributed by atoms with van der Waals surface area (Å²) in [5.74, 6) is 1.18. The second kappa shape index (κ2) is 2.84. The number of hydrogen-bond donors (Lipinski definition) is 1. The van der Waals surface area contributed by atoms with Gasteiger partial charge in [-0.15, -0.1) is 0 Å². The molecule has 74 valence electrons. The Kier molecular flexibility index (Phi) is 2.03. The second-order valence-electron chi connectivity index (χ2n) is 5.42. The smallest absolute Gasteiger partial charge is 0.0613 e. The molecular weight excluding hydrogens is 160 g/mol. The third-order valence-corrected chi connectivity index (χ3v) is 4.06. The van der Waals surface area contributed by atoms with E-state index in [9.17, 15) is 5.11 Å². The van der Waals surface area contributed by atoms with Crippen molar-refractivity contribution in [2.45, 2.75) is 46.1 Å². The van der Waals surface area contributed by atoms with E-state index in [4.69, 9.17) is 0 Å². The molecule has 0 radical (unpaired) electrons. The molecule has 0 saturated heterocycles. The first-order valence-corrected chi connectivity index (χ1v) is 5.37. The standard InChI is InChI=1S/C12H20O/c1-8-5-4-6-9-11(8)10(13)7-12(9,2)3/h5,9-11,13H,4,6-7H2,1-3H3/t9-,10-,11+/m1/s1. The van der Waals surface area contributed by atoms with Crippen LogP contribution in [-0.4, -0.2) is 11.2 Å². The Hall–Kier alpha value is -0.300. The monoisotopic (exact) mass is 180 g/mol. The van der Waals surface area contributed by atoms with Gasteiger partial charge in [-0.1, -0.05) is 25.5 Å². The largest absolute Gasteiger partial charge is 0.392 e. The highest BCUT2D eigenvalue weighted by Gasteiger charge is 2.48. The van der Waals surface area contributed by atoms with Gasteiger partial charge in [0.05, 0.1) is 6.10 Å². The quantitative estimate of drug-likeness (QED) is 0.568. The Morgan fingerprint density at radius 1 is 1.46 bits per heavy atom. The third-order valence-electron chi connectivity index (χ3n) is 4.06. The minimum atomic E-state index is -0.0865. The molecule has 0 aromatic carbocycles. The van der Waals surface area contributed by atoms with Crippen LogP contribution in [0.4, 0.5) is 0 Å². The van der Waals surface area contributed by atoms with E-state index in [1.165, 1.54) is 18.4 Å². The topological polar surface area (TPSA) is 20.2 Å². The zero-order valence-electron chi connectivity index (χ0n) is 8.88. The fraction of sp³-hybridized carbons (Fsp3) is 0.833. The minimum absolute atomic E-state index is 0.0865. The summed E-state index contributed by atoms with van der Waals surface area (Å²) < 4.78 is 0.